The van der Waals surface area contributed by atoms with E-state index in [1.165, 1.54) is 4.88 Å². The molecule has 2 aliphatic heterocycles. The molecule has 0 aliphatic carbocycles. The summed E-state index contributed by atoms with van der Waals surface area (Å²) in [5.74, 6) is 0.608. The fourth-order valence-corrected chi connectivity index (χ4v) is 3.76. The largest absolute Gasteiger partial charge is 0.379 e. The van der Waals surface area contributed by atoms with Crippen LogP contribution < -0.4 is 10.6 Å². The van der Waals surface area contributed by atoms with Crippen molar-refractivity contribution in [2.45, 2.75) is 18.8 Å². The van der Waals surface area contributed by atoms with E-state index in [1.54, 1.807) is 11.3 Å². The second-order valence-electron chi connectivity index (χ2n) is 5.53. The number of ether oxygens (including phenoxy) is 1. The lowest BCUT2D eigenvalue weighted by Crippen LogP contribution is -2.41. The molecule has 0 spiro atoms. The maximum Gasteiger partial charge on any atom is 0.240 e. The summed E-state index contributed by atoms with van der Waals surface area (Å²) in [7, 11) is 0. The van der Waals surface area contributed by atoms with Crippen LogP contribution in [0.25, 0.3) is 0 Å². The Kier molecular flexibility index (Phi) is 5.18. The third-order valence-corrected chi connectivity index (χ3v) is 5.06. The second-order valence-corrected chi connectivity index (χ2v) is 6.59. The van der Waals surface area contributed by atoms with Crippen molar-refractivity contribution in [3.05, 3.63) is 11.1 Å². The lowest BCUT2D eigenvalue weighted by molar-refractivity contribution is -0.118. The third kappa shape index (κ3) is 4.23. The average Bonchev–Trinajstić information content (AvgIpc) is 2.97. The first-order valence-corrected chi connectivity index (χ1v) is 8.39. The first-order valence-electron chi connectivity index (χ1n) is 7.57. The molecular weight excluding hydrogens is 288 g/mol. The summed E-state index contributed by atoms with van der Waals surface area (Å²) in [6, 6.07) is 0. The molecule has 0 saturated carbocycles. The SMILES string of the molecule is O=C(CN1CCOCC1)Nc1ncc(C2CCNCC2)s1. The molecule has 2 saturated heterocycles. The Labute approximate surface area is 128 Å². The fourth-order valence-electron chi connectivity index (χ4n) is 2.76. The Morgan fingerprint density at radius 2 is 2.19 bits per heavy atom. The summed E-state index contributed by atoms with van der Waals surface area (Å²) in [5.41, 5.74) is 0. The molecule has 6 nitrogen and oxygen atoms in total. The first kappa shape index (κ1) is 14.9. The number of morpholine rings is 1. The van der Waals surface area contributed by atoms with E-state index < -0.39 is 0 Å². The monoisotopic (exact) mass is 310 g/mol. The number of amides is 1. The van der Waals surface area contributed by atoms with Gasteiger partial charge in [-0.15, -0.1) is 11.3 Å². The minimum Gasteiger partial charge on any atom is -0.379 e. The molecule has 1 amide bonds. The van der Waals surface area contributed by atoms with Crippen LogP contribution in [0.5, 0.6) is 0 Å². The molecular formula is C14H22N4O2S. The highest BCUT2D eigenvalue weighted by Crippen LogP contribution is 2.31. The lowest BCUT2D eigenvalue weighted by atomic mass is 9.97. The Hall–Kier alpha value is -1.02. The van der Waals surface area contributed by atoms with E-state index >= 15 is 0 Å². The van der Waals surface area contributed by atoms with Gasteiger partial charge in [-0.05, 0) is 31.8 Å². The zero-order valence-corrected chi connectivity index (χ0v) is 13.0. The number of thiazole rings is 1. The molecule has 3 rings (SSSR count). The predicted octanol–water partition coefficient (Wildman–Crippen LogP) is 0.881. The highest BCUT2D eigenvalue weighted by molar-refractivity contribution is 7.15. The Morgan fingerprint density at radius 1 is 1.43 bits per heavy atom. The van der Waals surface area contributed by atoms with Crippen molar-refractivity contribution in [3.63, 3.8) is 0 Å². The Balaban J connectivity index is 1.50. The van der Waals surface area contributed by atoms with Crippen molar-refractivity contribution in [2.24, 2.45) is 0 Å². The number of aromatic nitrogens is 1. The van der Waals surface area contributed by atoms with Crippen LogP contribution >= 0.6 is 11.3 Å². The number of anilines is 1. The molecule has 3 heterocycles. The topological polar surface area (TPSA) is 66.5 Å². The molecule has 2 N–H and O–H groups in total. The zero-order chi connectivity index (χ0) is 14.5. The molecule has 0 bridgehead atoms. The highest BCUT2D eigenvalue weighted by atomic mass is 32.1. The van der Waals surface area contributed by atoms with Gasteiger partial charge in [0, 0.05) is 24.2 Å². The van der Waals surface area contributed by atoms with Crippen molar-refractivity contribution in [3.8, 4) is 0 Å². The predicted molar refractivity (Wildman–Crippen MR) is 82.8 cm³/mol. The van der Waals surface area contributed by atoms with Crippen LogP contribution in [0.15, 0.2) is 6.20 Å². The number of nitrogens with one attached hydrogen (secondary N) is 2. The van der Waals surface area contributed by atoms with Gasteiger partial charge in [-0.3, -0.25) is 9.69 Å². The van der Waals surface area contributed by atoms with E-state index in [9.17, 15) is 4.79 Å². The quantitative estimate of drug-likeness (QED) is 0.864. The summed E-state index contributed by atoms with van der Waals surface area (Å²) < 4.78 is 5.28. The van der Waals surface area contributed by atoms with Crippen LogP contribution in [0.1, 0.15) is 23.6 Å². The van der Waals surface area contributed by atoms with E-state index in [4.69, 9.17) is 4.74 Å². The molecule has 1 aromatic heterocycles. The second kappa shape index (κ2) is 7.31. The van der Waals surface area contributed by atoms with Crippen LogP contribution in [0.3, 0.4) is 0 Å². The van der Waals surface area contributed by atoms with Crippen LogP contribution in [0.4, 0.5) is 5.13 Å². The number of piperidine rings is 1. The van der Waals surface area contributed by atoms with Gasteiger partial charge in [-0.1, -0.05) is 0 Å². The Morgan fingerprint density at radius 3 is 2.95 bits per heavy atom. The normalized spacial score (nSPS) is 21.3. The summed E-state index contributed by atoms with van der Waals surface area (Å²) >= 11 is 1.62. The smallest absolute Gasteiger partial charge is 0.240 e. The van der Waals surface area contributed by atoms with Gasteiger partial charge in [-0.25, -0.2) is 4.98 Å². The van der Waals surface area contributed by atoms with Gasteiger partial charge in [0.25, 0.3) is 0 Å². The van der Waals surface area contributed by atoms with Gasteiger partial charge in [0.15, 0.2) is 5.13 Å². The molecule has 2 fully saturated rings. The minimum absolute atomic E-state index is 0.0168. The summed E-state index contributed by atoms with van der Waals surface area (Å²) in [6.45, 7) is 5.64. The molecule has 21 heavy (non-hydrogen) atoms. The van der Waals surface area contributed by atoms with Crippen molar-refractivity contribution in [2.75, 3.05) is 51.3 Å². The van der Waals surface area contributed by atoms with Crippen LogP contribution in [0, 0.1) is 0 Å². The summed E-state index contributed by atoms with van der Waals surface area (Å²) in [4.78, 5) is 19.8. The van der Waals surface area contributed by atoms with Gasteiger partial charge < -0.3 is 15.4 Å². The maximum atomic E-state index is 12.0. The summed E-state index contributed by atoms with van der Waals surface area (Å²) in [6.07, 6.45) is 4.23. The molecule has 0 atom stereocenters. The zero-order valence-electron chi connectivity index (χ0n) is 12.1. The third-order valence-electron chi connectivity index (χ3n) is 3.98. The molecule has 0 aromatic carbocycles. The molecule has 2 aliphatic rings. The van der Waals surface area contributed by atoms with Crippen LogP contribution in [-0.4, -0.2) is 61.7 Å². The number of rotatable bonds is 4. The summed E-state index contributed by atoms with van der Waals surface area (Å²) in [5, 5.41) is 7.01. The van der Waals surface area contributed by atoms with Gasteiger partial charge in [0.1, 0.15) is 0 Å². The number of hydrogen-bond acceptors (Lipinski definition) is 6. The molecule has 1 aromatic rings. The van der Waals surface area contributed by atoms with Crippen molar-refractivity contribution < 1.29 is 9.53 Å². The van der Waals surface area contributed by atoms with Crippen LogP contribution in [-0.2, 0) is 9.53 Å². The number of nitrogens with zero attached hydrogens (tertiary/aromatic N) is 2. The number of carbonyl (C=O) groups is 1. The lowest BCUT2D eigenvalue weighted by Gasteiger charge is -2.25. The molecule has 116 valence electrons. The first-order chi connectivity index (χ1) is 10.3. The molecule has 7 heteroatoms. The average molecular weight is 310 g/mol. The van der Waals surface area contributed by atoms with E-state index in [0.29, 0.717) is 25.7 Å². The highest BCUT2D eigenvalue weighted by Gasteiger charge is 2.19. The van der Waals surface area contributed by atoms with E-state index in [0.717, 1.165) is 44.2 Å². The minimum atomic E-state index is 0.0168. The van der Waals surface area contributed by atoms with Gasteiger partial charge in [0.2, 0.25) is 5.91 Å². The van der Waals surface area contributed by atoms with E-state index in [-0.39, 0.29) is 5.91 Å². The maximum absolute atomic E-state index is 12.0. The van der Waals surface area contributed by atoms with Gasteiger partial charge in [0.05, 0.1) is 19.8 Å². The fraction of sp³-hybridized carbons (Fsp3) is 0.714. The number of carbonyl (C=O) groups excluding carboxylic acids is 1. The molecule has 0 unspecified atom stereocenters. The Bertz CT molecular complexity index is 467. The molecule has 0 radical (unpaired) electrons. The standard InChI is InChI=1S/C14H22N4O2S/c19-13(10-18-5-7-20-8-6-18)17-14-16-9-12(21-14)11-1-3-15-4-2-11/h9,11,15H,1-8,10H2,(H,16,17,19). The number of hydrogen-bond donors (Lipinski definition) is 2. The van der Waals surface area contributed by atoms with Gasteiger partial charge >= 0.3 is 0 Å². The van der Waals surface area contributed by atoms with E-state index in [2.05, 4.69) is 20.5 Å². The van der Waals surface area contributed by atoms with Gasteiger partial charge in [-0.2, -0.15) is 0 Å². The van der Waals surface area contributed by atoms with Crippen molar-refractivity contribution in [1.82, 2.24) is 15.2 Å². The van der Waals surface area contributed by atoms with E-state index in [1.807, 2.05) is 6.20 Å². The van der Waals surface area contributed by atoms with Crippen molar-refractivity contribution >= 4 is 22.4 Å². The van der Waals surface area contributed by atoms with Crippen molar-refractivity contribution in [1.29, 1.82) is 0 Å². The van der Waals surface area contributed by atoms with Crippen LogP contribution in [0.2, 0.25) is 0 Å².